The van der Waals surface area contributed by atoms with Crippen LogP contribution in [0.3, 0.4) is 0 Å². The van der Waals surface area contributed by atoms with Crippen LogP contribution in [0.1, 0.15) is 128 Å². The van der Waals surface area contributed by atoms with E-state index < -0.39 is 0 Å². The van der Waals surface area contributed by atoms with E-state index in [9.17, 15) is 9.59 Å². The molecule has 0 amide bonds. The Morgan fingerprint density at radius 2 is 0.952 bits per heavy atom. The first kappa shape index (κ1) is 36.5. The van der Waals surface area contributed by atoms with Crippen LogP contribution in [0.15, 0.2) is 23.3 Å². The lowest BCUT2D eigenvalue weighted by Crippen LogP contribution is -2.22. The summed E-state index contributed by atoms with van der Waals surface area (Å²) >= 11 is 0. The molecule has 0 spiro atoms. The summed E-state index contributed by atoms with van der Waals surface area (Å²) in [7, 11) is 2.77. The molecule has 0 saturated carbocycles. The number of hydrogen-bond acceptors (Lipinski definition) is 8. The van der Waals surface area contributed by atoms with E-state index in [2.05, 4.69) is 0 Å². The Balaban J connectivity index is 1.65. The molecule has 2 rings (SSSR count). The third kappa shape index (κ3) is 18.0. The summed E-state index contributed by atoms with van der Waals surface area (Å²) in [4.78, 5) is 24.3. The molecule has 8 nitrogen and oxygen atoms in total. The Morgan fingerprint density at radius 1 is 0.571 bits per heavy atom. The molecule has 2 atom stereocenters. The van der Waals surface area contributed by atoms with Gasteiger partial charge in [0.2, 0.25) is 0 Å². The lowest BCUT2D eigenvalue weighted by atomic mass is 9.93. The van der Waals surface area contributed by atoms with Crippen molar-refractivity contribution in [1.29, 1.82) is 0 Å². The van der Waals surface area contributed by atoms with E-state index in [1.54, 1.807) is 12.2 Å². The number of unbranched alkanes of at least 4 members (excludes halogenated alkanes) is 10. The molecule has 0 bridgehead atoms. The summed E-state index contributed by atoms with van der Waals surface area (Å²) in [5.74, 6) is -0.771. The lowest BCUT2D eigenvalue weighted by Gasteiger charge is -2.22. The number of rotatable bonds is 23. The van der Waals surface area contributed by atoms with Gasteiger partial charge in [-0.15, -0.1) is 0 Å². The topological polar surface area (TPSA) is 89.5 Å². The molecule has 42 heavy (non-hydrogen) atoms. The largest absolute Gasteiger partial charge is 0.466 e. The maximum absolute atomic E-state index is 12.2. The van der Waals surface area contributed by atoms with Crippen molar-refractivity contribution in [2.75, 3.05) is 40.6 Å². The second-order valence-corrected chi connectivity index (χ2v) is 11.5. The van der Waals surface area contributed by atoms with E-state index in [-0.39, 0.29) is 24.5 Å². The number of hydrogen-bond donors (Lipinski definition) is 0. The van der Waals surface area contributed by atoms with Gasteiger partial charge >= 0.3 is 11.9 Å². The van der Waals surface area contributed by atoms with Crippen LogP contribution in [0.4, 0.5) is 0 Å². The minimum absolute atomic E-state index is 0.00211. The van der Waals surface area contributed by atoms with Crippen molar-refractivity contribution >= 4 is 11.9 Å². The van der Waals surface area contributed by atoms with Crippen LogP contribution in [0.2, 0.25) is 0 Å². The van der Waals surface area contributed by atoms with Crippen LogP contribution in [-0.2, 0) is 38.0 Å². The average Bonchev–Trinajstić information content (AvgIpc) is 3.02. The molecule has 2 aliphatic rings. The van der Waals surface area contributed by atoms with Crippen LogP contribution in [0, 0.1) is 0 Å². The number of ether oxygens (including phenoxy) is 6. The third-order valence-corrected chi connectivity index (χ3v) is 7.96. The van der Waals surface area contributed by atoms with Gasteiger partial charge in [0.25, 0.3) is 0 Å². The predicted molar refractivity (Wildman–Crippen MR) is 164 cm³/mol. The Morgan fingerprint density at radius 3 is 1.31 bits per heavy atom. The third-order valence-electron chi connectivity index (χ3n) is 7.96. The van der Waals surface area contributed by atoms with E-state index >= 15 is 0 Å². The molecule has 0 aromatic carbocycles. The molecule has 2 aliphatic heterocycles. The van der Waals surface area contributed by atoms with Crippen molar-refractivity contribution in [3.8, 4) is 0 Å². The Kier molecular flexibility index (Phi) is 21.4. The van der Waals surface area contributed by atoms with Crippen molar-refractivity contribution in [1.82, 2.24) is 0 Å². The highest BCUT2D eigenvalue weighted by Crippen LogP contribution is 2.25. The fourth-order valence-electron chi connectivity index (χ4n) is 5.42. The lowest BCUT2D eigenvalue weighted by molar-refractivity contribution is -0.163. The van der Waals surface area contributed by atoms with Gasteiger partial charge in [-0.25, -0.2) is 9.59 Å². The summed E-state index contributed by atoms with van der Waals surface area (Å²) in [6, 6.07) is 0. The molecule has 0 radical (unpaired) electrons. The molecule has 2 saturated heterocycles. The number of esters is 2. The van der Waals surface area contributed by atoms with Gasteiger partial charge in [0.1, 0.15) is 0 Å². The first-order chi connectivity index (χ1) is 20.6. The van der Waals surface area contributed by atoms with Crippen molar-refractivity contribution < 1.29 is 38.0 Å². The van der Waals surface area contributed by atoms with Crippen LogP contribution in [0.25, 0.3) is 0 Å². The van der Waals surface area contributed by atoms with Gasteiger partial charge in [0, 0.05) is 38.6 Å². The molecule has 0 N–H and O–H groups in total. The van der Waals surface area contributed by atoms with E-state index in [1.807, 2.05) is 0 Å². The van der Waals surface area contributed by atoms with E-state index in [4.69, 9.17) is 28.4 Å². The van der Waals surface area contributed by atoms with E-state index in [0.717, 1.165) is 153 Å². The smallest absolute Gasteiger partial charge is 0.330 e. The van der Waals surface area contributed by atoms with Gasteiger partial charge in [-0.05, 0) is 88.2 Å². The zero-order valence-electron chi connectivity index (χ0n) is 26.5. The molecule has 0 aromatic heterocycles. The molecular weight excluding hydrogens is 536 g/mol. The molecule has 2 fully saturated rings. The predicted octanol–water partition coefficient (Wildman–Crippen LogP) is 7.73. The van der Waals surface area contributed by atoms with E-state index in [1.165, 1.54) is 27.1 Å². The number of allylic oxidation sites excluding steroid dienone is 2. The molecule has 2 heterocycles. The summed E-state index contributed by atoms with van der Waals surface area (Å²) in [5.41, 5.74) is 1.77. The molecule has 242 valence electrons. The van der Waals surface area contributed by atoms with Crippen LogP contribution in [-0.4, -0.2) is 65.2 Å². The standard InChI is InChI=1S/C34H58O8/c1-37-31(35)27-29(19-11-7-3-5-9-15-23-39-33-21-13-17-25-41-33)30(28-32(36)38-2)20-12-8-4-6-10-16-24-40-34-22-14-18-26-42-34/h27-28,33-34H,3-26H2,1-2H3/b29-27+,30-28+. The second kappa shape index (κ2) is 24.7. The normalized spacial score (nSPS) is 20.0. The average molecular weight is 595 g/mol. The van der Waals surface area contributed by atoms with Gasteiger partial charge in [0.05, 0.1) is 14.2 Å². The highest BCUT2D eigenvalue weighted by Gasteiger charge is 2.15. The quantitative estimate of drug-likeness (QED) is 0.0514. The number of carbonyl (C=O) groups excluding carboxylic acids is 2. The zero-order valence-corrected chi connectivity index (χ0v) is 26.5. The first-order valence-corrected chi connectivity index (χ1v) is 16.7. The Labute approximate surface area is 254 Å². The second-order valence-electron chi connectivity index (χ2n) is 11.5. The summed E-state index contributed by atoms with van der Waals surface area (Å²) in [6.07, 6.45) is 24.4. The minimum Gasteiger partial charge on any atom is -0.466 e. The zero-order chi connectivity index (χ0) is 30.1. The summed E-state index contributed by atoms with van der Waals surface area (Å²) in [6.45, 7) is 3.17. The fourth-order valence-corrected chi connectivity index (χ4v) is 5.42. The summed E-state index contributed by atoms with van der Waals surface area (Å²) < 4.78 is 32.7. The summed E-state index contributed by atoms with van der Waals surface area (Å²) in [5, 5.41) is 0. The highest BCUT2D eigenvalue weighted by molar-refractivity contribution is 5.86. The van der Waals surface area contributed by atoms with Gasteiger partial charge < -0.3 is 28.4 Å². The molecule has 2 unspecified atom stereocenters. The van der Waals surface area contributed by atoms with Gasteiger partial charge in [-0.3, -0.25) is 0 Å². The van der Waals surface area contributed by atoms with E-state index in [0.29, 0.717) is 0 Å². The van der Waals surface area contributed by atoms with Gasteiger partial charge in [-0.1, -0.05) is 51.4 Å². The SMILES string of the molecule is COC(=O)/C=C(CCCCCCCCOC1CCCCO1)/C(=C/C(=O)OC)CCCCCCCCOC1CCCCO1. The van der Waals surface area contributed by atoms with Crippen LogP contribution >= 0.6 is 0 Å². The van der Waals surface area contributed by atoms with Gasteiger partial charge in [-0.2, -0.15) is 0 Å². The van der Waals surface area contributed by atoms with Gasteiger partial charge in [0.15, 0.2) is 12.6 Å². The molecular formula is C34H58O8. The fraction of sp³-hybridized carbons (Fsp3) is 0.824. The number of carbonyl (C=O) groups is 2. The molecule has 0 aromatic rings. The Bertz CT molecular complexity index is 702. The minimum atomic E-state index is -0.386. The monoisotopic (exact) mass is 594 g/mol. The number of methoxy groups -OCH3 is 2. The van der Waals surface area contributed by atoms with Crippen molar-refractivity contribution in [2.45, 2.75) is 141 Å². The molecule has 0 aliphatic carbocycles. The van der Waals surface area contributed by atoms with Crippen LogP contribution < -0.4 is 0 Å². The highest BCUT2D eigenvalue weighted by atomic mass is 16.7. The maximum atomic E-state index is 12.2. The first-order valence-electron chi connectivity index (χ1n) is 16.7. The van der Waals surface area contributed by atoms with Crippen molar-refractivity contribution in [2.24, 2.45) is 0 Å². The maximum Gasteiger partial charge on any atom is 0.330 e. The van der Waals surface area contributed by atoms with Crippen LogP contribution in [0.5, 0.6) is 0 Å². The molecule has 8 heteroatoms. The Hall–Kier alpha value is -1.74. The van der Waals surface area contributed by atoms with Crippen molar-refractivity contribution in [3.05, 3.63) is 23.3 Å². The van der Waals surface area contributed by atoms with Crippen molar-refractivity contribution in [3.63, 3.8) is 0 Å².